The fraction of sp³-hybridized carbons (Fsp3) is 0.250. The molecule has 2 aromatic heterocycles. The highest BCUT2D eigenvalue weighted by Crippen LogP contribution is 2.34. The molecule has 0 bridgehead atoms. The van der Waals surface area contributed by atoms with Gasteiger partial charge < -0.3 is 14.8 Å². The first-order valence-corrected chi connectivity index (χ1v) is 13.0. The molecule has 0 fully saturated rings. The molecule has 5 rings (SSSR count). The fourth-order valence-corrected chi connectivity index (χ4v) is 4.96. The average molecular weight is 521 g/mol. The quantitative estimate of drug-likeness (QED) is 0.248. The lowest BCUT2D eigenvalue weighted by Gasteiger charge is -2.19. The molecule has 0 saturated carbocycles. The van der Waals surface area contributed by atoms with E-state index >= 15 is 0 Å². The van der Waals surface area contributed by atoms with E-state index in [1.165, 1.54) is 0 Å². The summed E-state index contributed by atoms with van der Waals surface area (Å²) in [6.07, 6.45) is 0.699. The first kappa shape index (κ1) is 26.1. The fourth-order valence-electron chi connectivity index (χ4n) is 4.96. The van der Waals surface area contributed by atoms with Gasteiger partial charge in [0.15, 0.2) is 0 Å². The summed E-state index contributed by atoms with van der Waals surface area (Å²) in [6, 6.07) is 24.9. The molecule has 2 N–H and O–H groups in total. The largest absolute Gasteiger partial charge is 0.491 e. The van der Waals surface area contributed by atoms with E-state index in [1.807, 2.05) is 59.2 Å². The van der Waals surface area contributed by atoms with E-state index in [2.05, 4.69) is 50.0 Å². The lowest BCUT2D eigenvalue weighted by atomic mass is 9.92. The molecular weight excluding hydrogens is 488 g/mol. The maximum atomic E-state index is 11.7. The van der Waals surface area contributed by atoms with Crippen LogP contribution < -0.4 is 0 Å². The van der Waals surface area contributed by atoms with Crippen molar-refractivity contribution in [1.82, 2.24) is 19.7 Å². The van der Waals surface area contributed by atoms with Crippen molar-refractivity contribution in [2.45, 2.75) is 46.6 Å². The number of hydrogen-bond acceptors (Lipinski definition) is 5. The van der Waals surface area contributed by atoms with Gasteiger partial charge in [-0.3, -0.25) is 0 Å². The summed E-state index contributed by atoms with van der Waals surface area (Å²) < 4.78 is 2.03. The zero-order valence-corrected chi connectivity index (χ0v) is 22.6. The molecule has 0 aliphatic rings. The first-order valence-electron chi connectivity index (χ1n) is 13.0. The number of aromatic hydroxyl groups is 1. The summed E-state index contributed by atoms with van der Waals surface area (Å²) in [6.45, 7) is 9.03. The number of rotatable bonds is 7. The van der Waals surface area contributed by atoms with Crippen molar-refractivity contribution in [3.05, 3.63) is 107 Å². The number of nitrogens with zero attached hydrogens (tertiary/aromatic N) is 4. The monoisotopic (exact) mass is 520 g/mol. The number of aromatic nitrogens is 4. The molecule has 2 heterocycles. The number of imidazole rings is 1. The number of carboxylic acids is 1. The number of fused-ring (bicyclic) bond motifs is 1. The molecule has 39 heavy (non-hydrogen) atoms. The number of carbonyl (C=O) groups is 1. The molecule has 198 valence electrons. The van der Waals surface area contributed by atoms with Crippen LogP contribution >= 0.6 is 0 Å². The minimum atomic E-state index is -0.955. The summed E-state index contributed by atoms with van der Waals surface area (Å²) in [7, 11) is 0. The zero-order valence-electron chi connectivity index (χ0n) is 22.6. The molecule has 7 heteroatoms. The van der Waals surface area contributed by atoms with Gasteiger partial charge >= 0.3 is 5.97 Å². The Bertz CT molecular complexity index is 1630. The Morgan fingerprint density at radius 3 is 2.26 bits per heavy atom. The number of hydrogen-bond donors (Lipinski definition) is 2. The first-order chi connectivity index (χ1) is 18.6. The van der Waals surface area contributed by atoms with Crippen molar-refractivity contribution < 1.29 is 15.0 Å². The van der Waals surface area contributed by atoms with Crippen LogP contribution in [-0.2, 0) is 13.0 Å². The predicted molar refractivity (Wildman–Crippen MR) is 152 cm³/mol. The van der Waals surface area contributed by atoms with E-state index in [9.17, 15) is 15.0 Å². The van der Waals surface area contributed by atoms with Crippen LogP contribution in [0.4, 0.5) is 0 Å². The van der Waals surface area contributed by atoms with E-state index < -0.39 is 5.97 Å². The highest BCUT2D eigenvalue weighted by molar-refractivity contribution is 5.96. The second-order valence-electron chi connectivity index (χ2n) is 11.1. The molecule has 7 nitrogen and oxygen atoms in total. The van der Waals surface area contributed by atoms with Gasteiger partial charge in [-0.25, -0.2) is 9.78 Å². The molecule has 0 saturated heterocycles. The Morgan fingerprint density at radius 1 is 0.923 bits per heavy atom. The van der Waals surface area contributed by atoms with Crippen LogP contribution in [-0.4, -0.2) is 35.9 Å². The second kappa shape index (κ2) is 10.3. The standard InChI is InChI=1S/C32H32N4O3/c1-20(22-10-6-5-7-11-22)27-28-29(30(37)35-34-27)36(26(33-28)18-32(2,3)4)19-21-14-16-23(17-15-21)24-12-8-9-13-25(24)31(38)39/h5-17,20H,18-19H2,1-4H3,(H,35,37)(H,38,39). The average Bonchev–Trinajstić information content (AvgIpc) is 3.26. The van der Waals surface area contributed by atoms with Crippen molar-refractivity contribution in [3.8, 4) is 17.0 Å². The molecule has 5 aromatic rings. The van der Waals surface area contributed by atoms with Crippen LogP contribution in [0.25, 0.3) is 22.2 Å². The van der Waals surface area contributed by atoms with Crippen molar-refractivity contribution >= 4 is 17.0 Å². The van der Waals surface area contributed by atoms with E-state index in [4.69, 9.17) is 4.98 Å². The van der Waals surface area contributed by atoms with E-state index in [0.717, 1.165) is 28.2 Å². The number of benzene rings is 3. The van der Waals surface area contributed by atoms with E-state index in [1.54, 1.807) is 12.1 Å². The Kier molecular flexibility index (Phi) is 6.91. The molecule has 0 radical (unpaired) electrons. The Hall–Kier alpha value is -4.52. The summed E-state index contributed by atoms with van der Waals surface area (Å²) in [4.78, 5) is 16.7. The van der Waals surface area contributed by atoms with Gasteiger partial charge in [0.25, 0.3) is 5.88 Å². The normalized spacial score (nSPS) is 12.5. The van der Waals surface area contributed by atoms with Gasteiger partial charge in [0, 0.05) is 18.9 Å². The second-order valence-corrected chi connectivity index (χ2v) is 11.1. The Morgan fingerprint density at radius 2 is 1.59 bits per heavy atom. The molecule has 0 amide bonds. The minimum absolute atomic E-state index is 0.0365. The van der Waals surface area contributed by atoms with Gasteiger partial charge in [0.05, 0.1) is 11.3 Å². The summed E-state index contributed by atoms with van der Waals surface area (Å²) in [5.74, 6) is -0.303. The SMILES string of the molecule is CC(c1ccccc1)c1nnc(O)c2c1nc(CC(C)(C)C)n2Cc1ccc(-c2ccccc2C(=O)O)cc1. The lowest BCUT2D eigenvalue weighted by molar-refractivity contribution is 0.0697. The third-order valence-corrected chi connectivity index (χ3v) is 6.91. The van der Waals surface area contributed by atoms with Gasteiger partial charge in [-0.2, -0.15) is 0 Å². The third kappa shape index (κ3) is 5.39. The van der Waals surface area contributed by atoms with E-state index in [0.29, 0.717) is 29.6 Å². The zero-order chi connectivity index (χ0) is 27.7. The summed E-state index contributed by atoms with van der Waals surface area (Å²) in [5, 5.41) is 29.0. The minimum Gasteiger partial charge on any atom is -0.491 e. The Labute approximate surface area is 227 Å². The van der Waals surface area contributed by atoms with Crippen LogP contribution in [0.2, 0.25) is 0 Å². The molecular formula is C32H32N4O3. The maximum Gasteiger partial charge on any atom is 0.336 e. The van der Waals surface area contributed by atoms with Crippen molar-refractivity contribution in [1.29, 1.82) is 0 Å². The molecule has 3 aromatic carbocycles. The van der Waals surface area contributed by atoms with Crippen LogP contribution in [0.3, 0.4) is 0 Å². The summed E-state index contributed by atoms with van der Waals surface area (Å²) in [5.41, 5.74) is 5.78. The number of aromatic carboxylic acids is 1. The van der Waals surface area contributed by atoms with Gasteiger partial charge in [-0.15, -0.1) is 10.2 Å². The third-order valence-electron chi connectivity index (χ3n) is 6.91. The van der Waals surface area contributed by atoms with Crippen LogP contribution in [0.15, 0.2) is 78.9 Å². The van der Waals surface area contributed by atoms with E-state index in [-0.39, 0.29) is 22.8 Å². The molecule has 0 aliphatic heterocycles. The summed E-state index contributed by atoms with van der Waals surface area (Å²) >= 11 is 0. The molecule has 1 unspecified atom stereocenters. The highest BCUT2D eigenvalue weighted by atomic mass is 16.4. The molecule has 0 aliphatic carbocycles. The smallest absolute Gasteiger partial charge is 0.336 e. The van der Waals surface area contributed by atoms with Crippen molar-refractivity contribution in [3.63, 3.8) is 0 Å². The Balaban J connectivity index is 1.58. The topological polar surface area (TPSA) is 101 Å². The predicted octanol–water partition coefficient (Wildman–Crippen LogP) is 6.69. The van der Waals surface area contributed by atoms with Gasteiger partial charge in [0.2, 0.25) is 0 Å². The lowest BCUT2D eigenvalue weighted by Crippen LogP contribution is -2.15. The van der Waals surface area contributed by atoms with Gasteiger partial charge in [-0.05, 0) is 33.7 Å². The number of carboxylic acid groups (broad SMARTS) is 1. The van der Waals surface area contributed by atoms with Gasteiger partial charge in [-0.1, -0.05) is 100 Å². The van der Waals surface area contributed by atoms with Crippen molar-refractivity contribution in [2.75, 3.05) is 0 Å². The van der Waals surface area contributed by atoms with Crippen LogP contribution in [0, 0.1) is 5.41 Å². The molecule has 1 atom stereocenters. The van der Waals surface area contributed by atoms with Crippen LogP contribution in [0.1, 0.15) is 66.6 Å². The van der Waals surface area contributed by atoms with Gasteiger partial charge in [0.1, 0.15) is 16.9 Å². The van der Waals surface area contributed by atoms with Crippen LogP contribution in [0.5, 0.6) is 5.88 Å². The molecule has 0 spiro atoms. The van der Waals surface area contributed by atoms with Crippen molar-refractivity contribution in [2.24, 2.45) is 5.41 Å². The maximum absolute atomic E-state index is 11.7. The highest BCUT2D eigenvalue weighted by Gasteiger charge is 2.25.